The molecular weight excluding hydrogens is 414 g/mol. The number of hydrogen-bond acceptors (Lipinski definition) is 4. The molecule has 2 N–H and O–H groups in total. The summed E-state index contributed by atoms with van der Waals surface area (Å²) in [5, 5.41) is 6.58. The van der Waals surface area contributed by atoms with Gasteiger partial charge in [0.25, 0.3) is 0 Å². The minimum absolute atomic E-state index is 0.00912. The van der Waals surface area contributed by atoms with Gasteiger partial charge in [-0.25, -0.2) is 0 Å². The van der Waals surface area contributed by atoms with Crippen molar-refractivity contribution in [1.82, 2.24) is 15.5 Å². The van der Waals surface area contributed by atoms with Gasteiger partial charge in [0.15, 0.2) is 5.96 Å². The van der Waals surface area contributed by atoms with Crippen LogP contribution in [-0.4, -0.2) is 55.9 Å². The standard InChI is InChI=1S/C26H35N5O2/c1-17-9-12-30(13-10-17)21-7-3-18(4-8-21)16-29-26(27-2)28-11-14-31-24(32)22-19-5-6-20(15-19)23(22)25(31)33/h3-8,17,19-20,22-23H,9-16H2,1-2H3,(H2,27,28,29). The zero-order valence-corrected chi connectivity index (χ0v) is 19.7. The van der Waals surface area contributed by atoms with Crippen LogP contribution in [0, 0.1) is 29.6 Å². The summed E-state index contributed by atoms with van der Waals surface area (Å²) in [6, 6.07) is 8.73. The number of amides is 2. The van der Waals surface area contributed by atoms with Crippen LogP contribution in [-0.2, 0) is 16.1 Å². The molecule has 7 nitrogen and oxygen atoms in total. The van der Waals surface area contributed by atoms with Crippen molar-refractivity contribution in [2.75, 3.05) is 38.1 Å². The number of anilines is 1. The Morgan fingerprint density at radius 2 is 1.64 bits per heavy atom. The summed E-state index contributed by atoms with van der Waals surface area (Å²) >= 11 is 0. The number of imide groups is 1. The van der Waals surface area contributed by atoms with Crippen LogP contribution in [0.25, 0.3) is 0 Å². The highest BCUT2D eigenvalue weighted by atomic mass is 16.2. The fraction of sp³-hybridized carbons (Fsp3) is 0.577. The number of allylic oxidation sites excluding steroid dienone is 2. The number of guanidine groups is 1. The maximum Gasteiger partial charge on any atom is 0.233 e. The van der Waals surface area contributed by atoms with Crippen LogP contribution in [0.15, 0.2) is 41.4 Å². The van der Waals surface area contributed by atoms with Crippen LogP contribution in [0.5, 0.6) is 0 Å². The number of hydrogen-bond donors (Lipinski definition) is 2. The lowest BCUT2D eigenvalue weighted by atomic mass is 9.85. The van der Waals surface area contributed by atoms with E-state index in [0.29, 0.717) is 25.6 Å². The molecule has 3 fully saturated rings. The second-order valence-electron chi connectivity index (χ2n) is 10.0. The number of fused-ring (bicyclic) bond motifs is 5. The molecule has 4 atom stereocenters. The molecule has 33 heavy (non-hydrogen) atoms. The van der Waals surface area contributed by atoms with Crippen molar-refractivity contribution < 1.29 is 9.59 Å². The van der Waals surface area contributed by atoms with E-state index in [0.717, 1.165) is 25.4 Å². The quantitative estimate of drug-likeness (QED) is 0.302. The van der Waals surface area contributed by atoms with Gasteiger partial charge in [-0.3, -0.25) is 19.5 Å². The summed E-state index contributed by atoms with van der Waals surface area (Å²) in [5.74, 6) is 1.79. The highest BCUT2D eigenvalue weighted by molar-refractivity contribution is 6.06. The second-order valence-corrected chi connectivity index (χ2v) is 10.0. The Kier molecular flexibility index (Phi) is 6.13. The molecule has 0 spiro atoms. The average molecular weight is 450 g/mol. The van der Waals surface area contributed by atoms with Crippen LogP contribution in [0.2, 0.25) is 0 Å². The molecule has 4 aliphatic rings. The number of rotatable bonds is 6. The van der Waals surface area contributed by atoms with E-state index in [1.54, 1.807) is 7.05 Å². The summed E-state index contributed by atoms with van der Waals surface area (Å²) in [6.45, 7) is 6.14. The van der Waals surface area contributed by atoms with Gasteiger partial charge < -0.3 is 15.5 Å². The molecule has 1 saturated carbocycles. The Bertz CT molecular complexity index is 918. The smallest absolute Gasteiger partial charge is 0.233 e. The molecule has 7 heteroatoms. The maximum atomic E-state index is 12.8. The fourth-order valence-corrected chi connectivity index (χ4v) is 5.97. The lowest BCUT2D eigenvalue weighted by Crippen LogP contribution is -2.43. The molecule has 5 rings (SSSR count). The largest absolute Gasteiger partial charge is 0.372 e. The van der Waals surface area contributed by atoms with E-state index in [-0.39, 0.29) is 35.5 Å². The number of carbonyl (C=O) groups excluding carboxylic acids is 2. The van der Waals surface area contributed by atoms with E-state index < -0.39 is 0 Å². The van der Waals surface area contributed by atoms with E-state index in [2.05, 4.69) is 63.9 Å². The van der Waals surface area contributed by atoms with E-state index >= 15 is 0 Å². The van der Waals surface area contributed by atoms with Crippen molar-refractivity contribution in [1.29, 1.82) is 0 Å². The van der Waals surface area contributed by atoms with Gasteiger partial charge in [-0.05, 0) is 54.7 Å². The van der Waals surface area contributed by atoms with Gasteiger partial charge in [0.2, 0.25) is 11.8 Å². The van der Waals surface area contributed by atoms with Crippen molar-refractivity contribution in [2.24, 2.45) is 34.6 Å². The molecule has 2 bridgehead atoms. The first-order valence-corrected chi connectivity index (χ1v) is 12.4. The molecule has 2 heterocycles. The third-order valence-electron chi connectivity index (χ3n) is 7.96. The van der Waals surface area contributed by atoms with Crippen molar-refractivity contribution in [3.05, 3.63) is 42.0 Å². The van der Waals surface area contributed by atoms with Crippen molar-refractivity contribution in [2.45, 2.75) is 32.7 Å². The van der Waals surface area contributed by atoms with Crippen molar-refractivity contribution in [3.63, 3.8) is 0 Å². The van der Waals surface area contributed by atoms with Gasteiger partial charge >= 0.3 is 0 Å². The molecular formula is C26H35N5O2. The van der Waals surface area contributed by atoms with Crippen LogP contribution < -0.4 is 15.5 Å². The first-order valence-electron chi connectivity index (χ1n) is 12.4. The Morgan fingerprint density at radius 3 is 2.24 bits per heavy atom. The number of aliphatic imine (C=N–C) groups is 1. The highest BCUT2D eigenvalue weighted by Crippen LogP contribution is 2.52. The maximum absolute atomic E-state index is 12.8. The summed E-state index contributed by atoms with van der Waals surface area (Å²) in [7, 11) is 1.73. The summed E-state index contributed by atoms with van der Waals surface area (Å²) in [4.78, 5) is 33.8. The highest BCUT2D eigenvalue weighted by Gasteiger charge is 2.58. The van der Waals surface area contributed by atoms with E-state index in [1.165, 1.54) is 29.0 Å². The first-order chi connectivity index (χ1) is 16.0. The summed E-state index contributed by atoms with van der Waals surface area (Å²) < 4.78 is 0. The van der Waals surface area contributed by atoms with Crippen LogP contribution >= 0.6 is 0 Å². The van der Waals surface area contributed by atoms with Crippen molar-refractivity contribution >= 4 is 23.5 Å². The zero-order chi connectivity index (χ0) is 22.9. The molecule has 2 saturated heterocycles. The summed E-state index contributed by atoms with van der Waals surface area (Å²) in [5.41, 5.74) is 2.48. The third-order valence-corrected chi connectivity index (χ3v) is 7.96. The Morgan fingerprint density at radius 1 is 1.00 bits per heavy atom. The average Bonchev–Trinajstić information content (AvgIpc) is 3.52. The van der Waals surface area contributed by atoms with E-state index in [1.807, 2.05) is 0 Å². The van der Waals surface area contributed by atoms with Crippen LogP contribution in [0.1, 0.15) is 31.7 Å². The number of likely N-dealkylation sites (tertiary alicyclic amines) is 1. The monoisotopic (exact) mass is 449 g/mol. The molecule has 0 radical (unpaired) electrons. The van der Waals surface area contributed by atoms with Gasteiger partial charge in [0.1, 0.15) is 0 Å². The second kappa shape index (κ2) is 9.20. The summed E-state index contributed by atoms with van der Waals surface area (Å²) in [6.07, 6.45) is 7.75. The van der Waals surface area contributed by atoms with Gasteiger partial charge in [-0.1, -0.05) is 31.2 Å². The van der Waals surface area contributed by atoms with Gasteiger partial charge in [0.05, 0.1) is 11.8 Å². The molecule has 4 unspecified atom stereocenters. The number of benzene rings is 1. The number of piperidine rings is 1. The number of nitrogens with zero attached hydrogens (tertiary/aromatic N) is 3. The molecule has 0 aromatic heterocycles. The predicted molar refractivity (Wildman–Crippen MR) is 130 cm³/mol. The molecule has 2 amide bonds. The topological polar surface area (TPSA) is 77.0 Å². The molecule has 1 aromatic rings. The zero-order valence-electron chi connectivity index (χ0n) is 19.7. The van der Waals surface area contributed by atoms with Crippen LogP contribution in [0.3, 0.4) is 0 Å². The Hall–Kier alpha value is -2.83. The minimum atomic E-state index is -0.124. The minimum Gasteiger partial charge on any atom is -0.372 e. The van der Waals surface area contributed by atoms with Gasteiger partial charge in [-0.15, -0.1) is 0 Å². The van der Waals surface area contributed by atoms with Crippen LogP contribution in [0.4, 0.5) is 5.69 Å². The predicted octanol–water partition coefficient (Wildman–Crippen LogP) is 2.40. The van der Waals surface area contributed by atoms with Gasteiger partial charge in [-0.2, -0.15) is 0 Å². The Balaban J connectivity index is 1.07. The van der Waals surface area contributed by atoms with E-state index in [9.17, 15) is 9.59 Å². The first kappa shape index (κ1) is 22.0. The fourth-order valence-electron chi connectivity index (χ4n) is 5.97. The molecule has 2 aliphatic heterocycles. The SMILES string of the molecule is CN=C(NCCN1C(=O)C2C3C=CC(C3)C2C1=O)NCc1ccc(N2CCC(C)CC2)cc1. The molecule has 176 valence electrons. The lowest BCUT2D eigenvalue weighted by molar-refractivity contribution is -0.140. The Labute approximate surface area is 196 Å². The third kappa shape index (κ3) is 4.25. The normalized spacial score (nSPS) is 29.2. The van der Waals surface area contributed by atoms with Crippen molar-refractivity contribution in [3.8, 4) is 0 Å². The molecule has 1 aromatic carbocycles. The lowest BCUT2D eigenvalue weighted by Gasteiger charge is -2.32. The van der Waals surface area contributed by atoms with E-state index in [4.69, 9.17) is 0 Å². The number of carbonyl (C=O) groups is 2. The van der Waals surface area contributed by atoms with Gasteiger partial charge in [0, 0.05) is 45.5 Å². The molecule has 2 aliphatic carbocycles. The number of nitrogens with one attached hydrogen (secondary N) is 2.